The van der Waals surface area contributed by atoms with Crippen molar-refractivity contribution >= 4 is 29.8 Å². The summed E-state index contributed by atoms with van der Waals surface area (Å²) < 4.78 is 0. The van der Waals surface area contributed by atoms with E-state index in [-0.39, 0.29) is 40.7 Å². The highest BCUT2D eigenvalue weighted by molar-refractivity contribution is 5.85. The van der Waals surface area contributed by atoms with Crippen molar-refractivity contribution in [2.75, 3.05) is 0 Å². The smallest absolute Gasteiger partial charge is 0 e. The second-order valence-corrected chi connectivity index (χ2v) is 0. The summed E-state index contributed by atoms with van der Waals surface area (Å²) >= 11 is 0. The van der Waals surface area contributed by atoms with E-state index >= 15 is 0 Å². The maximum Gasteiger partial charge on any atom is 0 e. The van der Waals surface area contributed by atoms with Gasteiger partial charge < -0.3 is 11.0 Å². The molecule has 0 aromatic carbocycles. The van der Waals surface area contributed by atoms with E-state index in [9.17, 15) is 0 Å². The first-order valence-electron chi connectivity index (χ1n) is 0. The molecule has 0 atom stereocenters. The molecule has 0 fully saturated rings. The van der Waals surface area contributed by atoms with Crippen LogP contribution in [0, 0.1) is 0 Å². The van der Waals surface area contributed by atoms with E-state index in [2.05, 4.69) is 0 Å². The molecule has 27 valence electrons. The summed E-state index contributed by atoms with van der Waals surface area (Å²) in [5.41, 5.74) is 0. The second-order valence-electron chi connectivity index (χ2n) is 0. The molecule has 3 radical (unpaired) electrons. The monoisotopic (exact) mass is 99.0 g/mol. The van der Waals surface area contributed by atoms with Gasteiger partial charge in [-0.15, -0.1) is 12.4 Å². The number of halogens is 1. The molecule has 0 aliphatic rings. The van der Waals surface area contributed by atoms with Gasteiger partial charge in [0.05, 0.1) is 0 Å². The third-order valence-electron chi connectivity index (χ3n) is 0. The fraction of sp³-hybridized carbons (Fsp3) is 0. The Kier molecular flexibility index (Phi) is 1540. The average Bonchev–Trinajstić information content (AvgIpc) is 0. The summed E-state index contributed by atoms with van der Waals surface area (Å²) in [6.07, 6.45) is 0. The lowest BCUT2D eigenvalue weighted by atomic mass is 16.0. The summed E-state index contributed by atoms with van der Waals surface area (Å²) in [7, 11) is 0. The normalized spacial score (nSPS) is 0. The molecule has 0 saturated carbocycles. The van der Waals surface area contributed by atoms with Crippen molar-refractivity contribution < 1.29 is 11.0 Å². The van der Waals surface area contributed by atoms with Crippen molar-refractivity contribution in [2.24, 2.45) is 0 Å². The molecule has 0 spiro atoms. The molecule has 2 nitrogen and oxygen atoms in total. The third kappa shape index (κ3) is 15.1. The molecule has 4 N–H and O–H groups in total. The van der Waals surface area contributed by atoms with Gasteiger partial charge in [0.25, 0.3) is 0 Å². The van der Waals surface area contributed by atoms with Crippen LogP contribution in [0.1, 0.15) is 0 Å². The van der Waals surface area contributed by atoms with Crippen molar-refractivity contribution in [3.05, 3.63) is 0 Å². The summed E-state index contributed by atoms with van der Waals surface area (Å²) in [5, 5.41) is 0. The summed E-state index contributed by atoms with van der Waals surface area (Å²) in [4.78, 5) is 0. The molecule has 0 aromatic heterocycles. The number of hydrogen-bond acceptors (Lipinski definition) is 0. The van der Waals surface area contributed by atoms with E-state index < -0.39 is 0 Å². The van der Waals surface area contributed by atoms with Crippen LogP contribution in [0.25, 0.3) is 0 Å². The van der Waals surface area contributed by atoms with Crippen LogP contribution in [0.5, 0.6) is 0 Å². The fourth-order valence-electron chi connectivity index (χ4n) is 0. The Morgan fingerprint density at radius 3 is 0.750 bits per heavy atom. The standard InChI is InChI=1S/Al.ClH.2H2O/h;1H;2*1H2. The van der Waals surface area contributed by atoms with Gasteiger partial charge in [-0.2, -0.15) is 0 Å². The first-order valence-corrected chi connectivity index (χ1v) is 0. The van der Waals surface area contributed by atoms with Crippen LogP contribution in [0.15, 0.2) is 0 Å². The summed E-state index contributed by atoms with van der Waals surface area (Å²) in [6, 6.07) is 0. The minimum atomic E-state index is 0. The SMILES string of the molecule is Cl.O.O.[Al]. The number of hydrogen-bond donors (Lipinski definition) is 0. The lowest BCUT2D eigenvalue weighted by Crippen LogP contribution is -0.381. The Labute approximate surface area is 41.4 Å². The topological polar surface area (TPSA) is 63.0 Å². The minimum Gasteiger partial charge on any atom is -0.412 e. The van der Waals surface area contributed by atoms with Gasteiger partial charge in [-0.3, -0.25) is 0 Å². The zero-order chi connectivity index (χ0) is 0. The molecule has 0 saturated heterocycles. The average molecular weight is 99.5 g/mol. The van der Waals surface area contributed by atoms with Gasteiger partial charge in [-0.05, 0) is 0 Å². The van der Waals surface area contributed by atoms with Crippen LogP contribution >= 0.6 is 12.4 Å². The molecule has 0 unspecified atom stereocenters. The molecule has 0 amide bonds. The molecule has 4 heteroatoms. The van der Waals surface area contributed by atoms with Crippen LogP contribution < -0.4 is 0 Å². The summed E-state index contributed by atoms with van der Waals surface area (Å²) in [6.45, 7) is 0. The summed E-state index contributed by atoms with van der Waals surface area (Å²) in [5.74, 6) is 0. The van der Waals surface area contributed by atoms with Crippen molar-refractivity contribution in [1.29, 1.82) is 0 Å². The van der Waals surface area contributed by atoms with Gasteiger partial charge in [0.15, 0.2) is 0 Å². The van der Waals surface area contributed by atoms with Crippen LogP contribution in [-0.2, 0) is 0 Å². The van der Waals surface area contributed by atoms with E-state index in [4.69, 9.17) is 0 Å². The molecule has 0 bridgehead atoms. The zero-order valence-corrected chi connectivity index (χ0v) is 3.96. The molecule has 0 heterocycles. The van der Waals surface area contributed by atoms with Gasteiger partial charge >= 0.3 is 0 Å². The zero-order valence-electron chi connectivity index (χ0n) is 1.99. The van der Waals surface area contributed by atoms with Crippen LogP contribution in [0.4, 0.5) is 0 Å². The second kappa shape index (κ2) is 51.1. The Balaban J connectivity index is 0. The Morgan fingerprint density at radius 1 is 0.750 bits per heavy atom. The Bertz CT molecular complexity index is 6.00. The van der Waals surface area contributed by atoms with Crippen molar-refractivity contribution in [1.82, 2.24) is 0 Å². The van der Waals surface area contributed by atoms with Crippen LogP contribution in [-0.4, -0.2) is 28.3 Å². The first-order chi connectivity index (χ1) is 0. The fourth-order valence-corrected chi connectivity index (χ4v) is 0. The highest BCUT2D eigenvalue weighted by Crippen LogP contribution is 0.690. The van der Waals surface area contributed by atoms with Crippen molar-refractivity contribution in [3.8, 4) is 0 Å². The molecule has 0 aliphatic carbocycles. The van der Waals surface area contributed by atoms with E-state index in [1.807, 2.05) is 0 Å². The molecular formula is H5AlClO2. The predicted octanol–water partition coefficient (Wildman–Crippen LogP) is -1.61. The molecular weight excluding hydrogens is 94.4 g/mol. The third-order valence-corrected chi connectivity index (χ3v) is 0. The van der Waals surface area contributed by atoms with Crippen molar-refractivity contribution in [2.45, 2.75) is 0 Å². The molecule has 4 heavy (non-hydrogen) atoms. The van der Waals surface area contributed by atoms with Gasteiger partial charge in [0.2, 0.25) is 0 Å². The quantitative estimate of drug-likeness (QED) is 0.328. The largest absolute Gasteiger partial charge is 0.412 e. The molecule has 0 aliphatic heterocycles. The van der Waals surface area contributed by atoms with Gasteiger partial charge in [-0.1, -0.05) is 0 Å². The molecule has 0 rings (SSSR count). The van der Waals surface area contributed by atoms with E-state index in [0.29, 0.717) is 0 Å². The molecule has 0 aromatic rings. The highest BCUT2D eigenvalue weighted by Gasteiger charge is 0.0000118. The van der Waals surface area contributed by atoms with E-state index in [1.54, 1.807) is 0 Å². The van der Waals surface area contributed by atoms with Gasteiger partial charge in [0, 0.05) is 17.4 Å². The maximum atomic E-state index is 0. The highest BCUT2D eigenvalue weighted by atomic mass is 35.5. The lowest BCUT2D eigenvalue weighted by Gasteiger charge is -0.413. The van der Waals surface area contributed by atoms with Gasteiger partial charge in [0.1, 0.15) is 0 Å². The van der Waals surface area contributed by atoms with Crippen LogP contribution in [0.3, 0.4) is 0 Å². The first kappa shape index (κ1) is 120. The van der Waals surface area contributed by atoms with E-state index in [1.165, 1.54) is 0 Å². The van der Waals surface area contributed by atoms with Gasteiger partial charge in [-0.25, -0.2) is 0 Å². The predicted molar refractivity (Wildman–Crippen MR) is 20.2 cm³/mol. The minimum absolute atomic E-state index is 0. The Hall–Kier alpha value is 0.742. The number of rotatable bonds is 0. The maximum absolute atomic E-state index is 0. The Morgan fingerprint density at radius 2 is 0.750 bits per heavy atom. The van der Waals surface area contributed by atoms with E-state index in [0.717, 1.165) is 0 Å². The van der Waals surface area contributed by atoms with Crippen molar-refractivity contribution in [3.63, 3.8) is 0 Å². The lowest BCUT2D eigenvalue weighted by molar-refractivity contribution is 0.823. The van der Waals surface area contributed by atoms with Crippen LogP contribution in [0.2, 0.25) is 0 Å².